The van der Waals surface area contributed by atoms with E-state index in [1.807, 2.05) is 0 Å². The maximum atomic E-state index is 12.2. The Morgan fingerprint density at radius 3 is 2.72 bits per heavy atom. The van der Waals surface area contributed by atoms with Crippen molar-refractivity contribution in [3.05, 3.63) is 16.1 Å². The number of nitrogens with zero attached hydrogens (tertiary/aromatic N) is 1. The van der Waals surface area contributed by atoms with E-state index in [2.05, 4.69) is 31.1 Å². The maximum Gasteiger partial charge on any atom is 0.144 e. The molecule has 0 aliphatic heterocycles. The highest BCUT2D eigenvalue weighted by Crippen LogP contribution is 2.28. The first-order chi connectivity index (χ1) is 8.38. The van der Waals surface area contributed by atoms with E-state index in [1.54, 1.807) is 11.3 Å². The molecule has 0 saturated heterocycles. The number of Topliss-reactive ketones (excluding diaryl/α,β-unsaturated/α-hetero) is 1. The SMILES string of the molecule is CC(C)(C)c1csc(CC(=O)C2CCCC2N)n1. The topological polar surface area (TPSA) is 56.0 Å². The van der Waals surface area contributed by atoms with Gasteiger partial charge in [-0.2, -0.15) is 0 Å². The van der Waals surface area contributed by atoms with Gasteiger partial charge in [-0.3, -0.25) is 4.79 Å². The second kappa shape index (κ2) is 5.10. The predicted molar refractivity (Wildman–Crippen MR) is 74.8 cm³/mol. The van der Waals surface area contributed by atoms with Crippen molar-refractivity contribution < 1.29 is 4.79 Å². The molecule has 0 bridgehead atoms. The van der Waals surface area contributed by atoms with Crippen LogP contribution in [-0.2, 0) is 16.6 Å². The first-order valence-electron chi connectivity index (χ1n) is 6.61. The Kier molecular flexibility index (Phi) is 3.87. The second-order valence-corrected chi connectivity index (χ2v) is 7.16. The molecule has 2 rings (SSSR count). The van der Waals surface area contributed by atoms with Gasteiger partial charge in [0, 0.05) is 22.8 Å². The van der Waals surface area contributed by atoms with Crippen LogP contribution in [-0.4, -0.2) is 16.8 Å². The third-order valence-corrected chi connectivity index (χ3v) is 4.48. The minimum Gasteiger partial charge on any atom is -0.327 e. The van der Waals surface area contributed by atoms with Gasteiger partial charge in [0.05, 0.1) is 12.1 Å². The number of ketones is 1. The van der Waals surface area contributed by atoms with Gasteiger partial charge in [0.15, 0.2) is 0 Å². The molecule has 1 saturated carbocycles. The van der Waals surface area contributed by atoms with Gasteiger partial charge < -0.3 is 5.73 Å². The lowest BCUT2D eigenvalue weighted by atomic mass is 9.93. The van der Waals surface area contributed by atoms with Crippen LogP contribution in [0.2, 0.25) is 0 Å². The molecule has 0 amide bonds. The Morgan fingerprint density at radius 1 is 1.50 bits per heavy atom. The van der Waals surface area contributed by atoms with Crippen molar-refractivity contribution in [2.24, 2.45) is 11.7 Å². The molecule has 18 heavy (non-hydrogen) atoms. The largest absolute Gasteiger partial charge is 0.327 e. The van der Waals surface area contributed by atoms with Crippen LogP contribution in [0.5, 0.6) is 0 Å². The van der Waals surface area contributed by atoms with Crippen LogP contribution < -0.4 is 5.73 Å². The number of rotatable bonds is 3. The average molecular weight is 266 g/mol. The van der Waals surface area contributed by atoms with Crippen LogP contribution in [0.3, 0.4) is 0 Å². The zero-order valence-electron chi connectivity index (χ0n) is 11.4. The summed E-state index contributed by atoms with van der Waals surface area (Å²) in [5, 5.41) is 3.00. The normalized spacial score (nSPS) is 24.4. The molecule has 1 fully saturated rings. The molecule has 3 nitrogen and oxygen atoms in total. The van der Waals surface area contributed by atoms with Crippen molar-refractivity contribution in [2.75, 3.05) is 0 Å². The molecular formula is C14H22N2OS. The van der Waals surface area contributed by atoms with Crippen molar-refractivity contribution in [2.45, 2.75) is 57.9 Å². The number of aromatic nitrogens is 1. The van der Waals surface area contributed by atoms with Gasteiger partial charge in [0.25, 0.3) is 0 Å². The quantitative estimate of drug-likeness (QED) is 0.915. The molecule has 0 radical (unpaired) electrons. The molecule has 1 aliphatic carbocycles. The van der Waals surface area contributed by atoms with Crippen molar-refractivity contribution in [3.8, 4) is 0 Å². The van der Waals surface area contributed by atoms with Crippen LogP contribution in [0.15, 0.2) is 5.38 Å². The molecule has 1 aromatic heterocycles. The van der Waals surface area contributed by atoms with E-state index in [4.69, 9.17) is 5.73 Å². The Labute approximate surface area is 113 Å². The molecule has 1 heterocycles. The van der Waals surface area contributed by atoms with E-state index < -0.39 is 0 Å². The third-order valence-electron chi connectivity index (χ3n) is 3.63. The zero-order valence-corrected chi connectivity index (χ0v) is 12.2. The van der Waals surface area contributed by atoms with Crippen LogP contribution >= 0.6 is 11.3 Å². The fourth-order valence-electron chi connectivity index (χ4n) is 2.41. The maximum absolute atomic E-state index is 12.2. The Bertz CT molecular complexity index is 433. The van der Waals surface area contributed by atoms with Crippen molar-refractivity contribution in [1.82, 2.24) is 4.98 Å². The van der Waals surface area contributed by atoms with E-state index in [-0.39, 0.29) is 23.2 Å². The van der Waals surface area contributed by atoms with Gasteiger partial charge in [-0.05, 0) is 12.8 Å². The number of hydrogen-bond acceptors (Lipinski definition) is 4. The zero-order chi connectivity index (χ0) is 13.3. The summed E-state index contributed by atoms with van der Waals surface area (Å²) in [6, 6.07) is 0.0690. The molecule has 1 aliphatic rings. The van der Waals surface area contributed by atoms with Gasteiger partial charge in [0.1, 0.15) is 10.8 Å². The smallest absolute Gasteiger partial charge is 0.144 e. The van der Waals surface area contributed by atoms with E-state index in [0.717, 1.165) is 30.0 Å². The molecule has 0 spiro atoms. The Morgan fingerprint density at radius 2 is 2.22 bits per heavy atom. The van der Waals surface area contributed by atoms with Crippen LogP contribution in [0.1, 0.15) is 50.7 Å². The molecule has 2 atom stereocenters. The molecule has 2 unspecified atom stereocenters. The van der Waals surface area contributed by atoms with Crippen LogP contribution in [0, 0.1) is 5.92 Å². The fraction of sp³-hybridized carbons (Fsp3) is 0.714. The van der Waals surface area contributed by atoms with Crippen molar-refractivity contribution in [1.29, 1.82) is 0 Å². The highest BCUT2D eigenvalue weighted by Gasteiger charge is 2.30. The number of nitrogens with two attached hydrogens (primary N) is 1. The minimum absolute atomic E-state index is 0.0571. The van der Waals surface area contributed by atoms with Crippen molar-refractivity contribution >= 4 is 17.1 Å². The molecule has 1 aromatic rings. The summed E-state index contributed by atoms with van der Waals surface area (Å²) < 4.78 is 0. The summed E-state index contributed by atoms with van der Waals surface area (Å²) in [7, 11) is 0. The average Bonchev–Trinajstić information content (AvgIpc) is 2.85. The number of hydrogen-bond donors (Lipinski definition) is 1. The van der Waals surface area contributed by atoms with Gasteiger partial charge in [0.2, 0.25) is 0 Å². The highest BCUT2D eigenvalue weighted by atomic mass is 32.1. The first kappa shape index (κ1) is 13.7. The predicted octanol–water partition coefficient (Wildman–Crippen LogP) is 2.68. The van der Waals surface area contributed by atoms with E-state index in [0.29, 0.717) is 6.42 Å². The summed E-state index contributed by atoms with van der Waals surface area (Å²) in [5.41, 5.74) is 7.10. The number of thiazole rings is 1. The molecule has 2 N–H and O–H groups in total. The molecule has 0 aromatic carbocycles. The lowest BCUT2D eigenvalue weighted by molar-refractivity contribution is -0.122. The van der Waals surface area contributed by atoms with E-state index >= 15 is 0 Å². The summed E-state index contributed by atoms with van der Waals surface area (Å²) in [6.07, 6.45) is 3.49. The van der Waals surface area contributed by atoms with Crippen molar-refractivity contribution in [3.63, 3.8) is 0 Å². The Hall–Kier alpha value is -0.740. The molecule has 4 heteroatoms. The fourth-order valence-corrected chi connectivity index (χ4v) is 3.44. The van der Waals surface area contributed by atoms with Gasteiger partial charge in [-0.1, -0.05) is 27.2 Å². The first-order valence-corrected chi connectivity index (χ1v) is 7.49. The summed E-state index contributed by atoms with van der Waals surface area (Å²) in [6.45, 7) is 6.42. The Balaban J connectivity index is 2.01. The standard InChI is InChI=1S/C14H22N2OS/c1-14(2,3)12-8-18-13(16-12)7-11(17)9-5-4-6-10(9)15/h8-10H,4-7,15H2,1-3H3. The summed E-state index contributed by atoms with van der Waals surface area (Å²) in [4.78, 5) is 16.7. The molecule has 100 valence electrons. The number of carbonyl (C=O) groups excluding carboxylic acids is 1. The highest BCUT2D eigenvalue weighted by molar-refractivity contribution is 7.09. The van der Waals surface area contributed by atoms with E-state index in [9.17, 15) is 4.79 Å². The summed E-state index contributed by atoms with van der Waals surface area (Å²) in [5.74, 6) is 0.335. The monoisotopic (exact) mass is 266 g/mol. The lowest BCUT2D eigenvalue weighted by Crippen LogP contribution is -2.31. The lowest BCUT2D eigenvalue weighted by Gasteiger charge is -2.14. The van der Waals surface area contributed by atoms with Crippen LogP contribution in [0.4, 0.5) is 0 Å². The van der Waals surface area contributed by atoms with E-state index in [1.165, 1.54) is 0 Å². The van der Waals surface area contributed by atoms with Gasteiger partial charge >= 0.3 is 0 Å². The second-order valence-electron chi connectivity index (χ2n) is 6.22. The van der Waals surface area contributed by atoms with Gasteiger partial charge in [-0.25, -0.2) is 4.98 Å². The van der Waals surface area contributed by atoms with Crippen LogP contribution in [0.25, 0.3) is 0 Å². The summed E-state index contributed by atoms with van der Waals surface area (Å²) >= 11 is 1.59. The minimum atomic E-state index is 0.0571. The van der Waals surface area contributed by atoms with Gasteiger partial charge in [-0.15, -0.1) is 11.3 Å². The molecular weight excluding hydrogens is 244 g/mol. The number of carbonyl (C=O) groups is 1. The third kappa shape index (κ3) is 2.98.